The topological polar surface area (TPSA) is 76.4 Å². The molecule has 0 saturated heterocycles. The molecule has 4 N–H and O–H groups in total. The molecule has 2 amide bonds. The highest BCUT2D eigenvalue weighted by molar-refractivity contribution is 5.89. The molecule has 0 saturated carbocycles. The SMILES string of the molecule is CC(C)OCCNC(=O)Nc1ccc(C(C)N)cc1. The Bertz CT molecular complexity index is 388. The first-order valence-electron chi connectivity index (χ1n) is 6.51. The molecule has 5 nitrogen and oxygen atoms in total. The van der Waals surface area contributed by atoms with E-state index in [-0.39, 0.29) is 18.2 Å². The number of urea groups is 1. The summed E-state index contributed by atoms with van der Waals surface area (Å²) in [5.74, 6) is 0. The molecule has 0 spiro atoms. The van der Waals surface area contributed by atoms with Crippen LogP contribution in [0.2, 0.25) is 0 Å². The van der Waals surface area contributed by atoms with Crippen molar-refractivity contribution < 1.29 is 9.53 Å². The summed E-state index contributed by atoms with van der Waals surface area (Å²) in [4.78, 5) is 11.6. The Morgan fingerprint density at radius 3 is 2.42 bits per heavy atom. The second-order valence-corrected chi connectivity index (χ2v) is 4.71. The highest BCUT2D eigenvalue weighted by atomic mass is 16.5. The summed E-state index contributed by atoms with van der Waals surface area (Å²) in [6.45, 7) is 6.83. The van der Waals surface area contributed by atoms with E-state index < -0.39 is 0 Å². The molecule has 1 aromatic rings. The number of rotatable bonds is 6. The standard InChI is InChI=1S/C14H23N3O2/c1-10(2)19-9-8-16-14(18)17-13-6-4-12(5-7-13)11(3)15/h4-7,10-11H,8-9,15H2,1-3H3,(H2,16,17,18). The molecule has 0 aliphatic carbocycles. The molecule has 1 rings (SSSR count). The highest BCUT2D eigenvalue weighted by Crippen LogP contribution is 2.13. The van der Waals surface area contributed by atoms with Crippen molar-refractivity contribution in [3.8, 4) is 0 Å². The van der Waals surface area contributed by atoms with Crippen LogP contribution in [0.3, 0.4) is 0 Å². The van der Waals surface area contributed by atoms with Crippen LogP contribution < -0.4 is 16.4 Å². The van der Waals surface area contributed by atoms with E-state index in [1.807, 2.05) is 45.0 Å². The summed E-state index contributed by atoms with van der Waals surface area (Å²) in [5.41, 5.74) is 7.54. The van der Waals surface area contributed by atoms with Crippen LogP contribution in [-0.2, 0) is 4.74 Å². The van der Waals surface area contributed by atoms with Gasteiger partial charge in [0.15, 0.2) is 0 Å². The number of carbonyl (C=O) groups is 1. The van der Waals surface area contributed by atoms with E-state index in [1.54, 1.807) is 0 Å². The van der Waals surface area contributed by atoms with Gasteiger partial charge >= 0.3 is 6.03 Å². The van der Waals surface area contributed by atoms with Crippen LogP contribution in [0, 0.1) is 0 Å². The van der Waals surface area contributed by atoms with Crippen molar-refractivity contribution in [2.45, 2.75) is 32.9 Å². The first kappa shape index (κ1) is 15.5. The molecule has 5 heteroatoms. The number of anilines is 1. The van der Waals surface area contributed by atoms with Gasteiger partial charge in [0.25, 0.3) is 0 Å². The monoisotopic (exact) mass is 265 g/mol. The van der Waals surface area contributed by atoms with E-state index in [1.165, 1.54) is 0 Å². The summed E-state index contributed by atoms with van der Waals surface area (Å²) in [7, 11) is 0. The Kier molecular flexibility index (Phi) is 6.32. The predicted octanol–water partition coefficient (Wildman–Crippen LogP) is 2.25. The lowest BCUT2D eigenvalue weighted by molar-refractivity contribution is 0.0820. The van der Waals surface area contributed by atoms with Crippen LogP contribution in [0.5, 0.6) is 0 Å². The second kappa shape index (κ2) is 7.76. The first-order chi connectivity index (χ1) is 8.99. The maximum Gasteiger partial charge on any atom is 0.319 e. The molecule has 1 aromatic carbocycles. The molecule has 0 heterocycles. The van der Waals surface area contributed by atoms with Crippen molar-refractivity contribution in [3.63, 3.8) is 0 Å². The number of hydrogen-bond donors (Lipinski definition) is 3. The smallest absolute Gasteiger partial charge is 0.319 e. The van der Waals surface area contributed by atoms with Crippen molar-refractivity contribution in [2.24, 2.45) is 5.73 Å². The lowest BCUT2D eigenvalue weighted by Gasteiger charge is -2.11. The number of carbonyl (C=O) groups excluding carboxylic acids is 1. The number of nitrogens with one attached hydrogen (secondary N) is 2. The quantitative estimate of drug-likeness (QED) is 0.690. The average molecular weight is 265 g/mol. The Labute approximate surface area is 114 Å². The molecule has 1 unspecified atom stereocenters. The minimum Gasteiger partial charge on any atom is -0.377 e. The third-order valence-electron chi connectivity index (χ3n) is 2.53. The lowest BCUT2D eigenvalue weighted by Crippen LogP contribution is -2.32. The average Bonchev–Trinajstić information content (AvgIpc) is 2.35. The molecular formula is C14H23N3O2. The number of nitrogens with two attached hydrogens (primary N) is 1. The highest BCUT2D eigenvalue weighted by Gasteiger charge is 2.03. The van der Waals surface area contributed by atoms with Crippen LogP contribution in [0.25, 0.3) is 0 Å². The molecular weight excluding hydrogens is 242 g/mol. The number of benzene rings is 1. The van der Waals surface area contributed by atoms with Crippen molar-refractivity contribution in [3.05, 3.63) is 29.8 Å². The Balaban J connectivity index is 2.32. The van der Waals surface area contributed by atoms with Crippen molar-refractivity contribution in [2.75, 3.05) is 18.5 Å². The zero-order chi connectivity index (χ0) is 14.3. The van der Waals surface area contributed by atoms with Crippen LogP contribution in [0.1, 0.15) is 32.4 Å². The van der Waals surface area contributed by atoms with Gasteiger partial charge in [0.05, 0.1) is 12.7 Å². The molecule has 0 radical (unpaired) electrons. The van der Waals surface area contributed by atoms with Gasteiger partial charge in [0, 0.05) is 18.3 Å². The summed E-state index contributed by atoms with van der Waals surface area (Å²) in [6.07, 6.45) is 0.177. The van der Waals surface area contributed by atoms with E-state index in [4.69, 9.17) is 10.5 Å². The molecule has 0 bridgehead atoms. The van der Waals surface area contributed by atoms with Gasteiger partial charge in [0.1, 0.15) is 0 Å². The van der Waals surface area contributed by atoms with Gasteiger partial charge in [-0.15, -0.1) is 0 Å². The van der Waals surface area contributed by atoms with Crippen LogP contribution >= 0.6 is 0 Å². The Hall–Kier alpha value is -1.59. The predicted molar refractivity (Wildman–Crippen MR) is 77.2 cm³/mol. The summed E-state index contributed by atoms with van der Waals surface area (Å²) >= 11 is 0. The van der Waals surface area contributed by atoms with Gasteiger partial charge in [-0.05, 0) is 38.5 Å². The fourth-order valence-electron chi connectivity index (χ4n) is 1.50. The van der Waals surface area contributed by atoms with Gasteiger partial charge in [-0.2, -0.15) is 0 Å². The molecule has 106 valence electrons. The maximum absolute atomic E-state index is 11.6. The zero-order valence-corrected chi connectivity index (χ0v) is 11.8. The zero-order valence-electron chi connectivity index (χ0n) is 11.8. The molecule has 0 aliphatic heterocycles. The summed E-state index contributed by atoms with van der Waals surface area (Å²) in [5, 5.41) is 5.47. The fraction of sp³-hybridized carbons (Fsp3) is 0.500. The molecule has 0 aliphatic rings. The van der Waals surface area contributed by atoms with Gasteiger partial charge in [-0.25, -0.2) is 4.79 Å². The largest absolute Gasteiger partial charge is 0.377 e. The molecule has 19 heavy (non-hydrogen) atoms. The number of hydrogen-bond acceptors (Lipinski definition) is 3. The Morgan fingerprint density at radius 1 is 1.26 bits per heavy atom. The Morgan fingerprint density at radius 2 is 1.89 bits per heavy atom. The fourth-order valence-corrected chi connectivity index (χ4v) is 1.50. The normalized spacial score (nSPS) is 12.3. The third kappa shape index (κ3) is 6.22. The van der Waals surface area contributed by atoms with E-state index in [0.29, 0.717) is 13.2 Å². The second-order valence-electron chi connectivity index (χ2n) is 4.71. The first-order valence-corrected chi connectivity index (χ1v) is 6.51. The number of amides is 2. The van der Waals surface area contributed by atoms with Gasteiger partial charge in [-0.1, -0.05) is 12.1 Å². The van der Waals surface area contributed by atoms with Crippen LogP contribution in [0.4, 0.5) is 10.5 Å². The summed E-state index contributed by atoms with van der Waals surface area (Å²) < 4.78 is 5.33. The summed E-state index contributed by atoms with van der Waals surface area (Å²) in [6, 6.07) is 7.24. The van der Waals surface area contributed by atoms with E-state index in [9.17, 15) is 4.79 Å². The lowest BCUT2D eigenvalue weighted by atomic mass is 10.1. The van der Waals surface area contributed by atoms with E-state index in [0.717, 1.165) is 11.3 Å². The maximum atomic E-state index is 11.6. The van der Waals surface area contributed by atoms with Crippen molar-refractivity contribution in [1.82, 2.24) is 5.32 Å². The molecule has 1 atom stereocenters. The number of ether oxygens (including phenoxy) is 1. The minimum atomic E-state index is -0.235. The minimum absolute atomic E-state index is 0.00365. The van der Waals surface area contributed by atoms with Gasteiger partial charge in [0.2, 0.25) is 0 Å². The molecule has 0 fully saturated rings. The molecule has 0 aromatic heterocycles. The van der Waals surface area contributed by atoms with Crippen molar-refractivity contribution >= 4 is 11.7 Å². The van der Waals surface area contributed by atoms with E-state index in [2.05, 4.69) is 10.6 Å². The van der Waals surface area contributed by atoms with Crippen LogP contribution in [-0.4, -0.2) is 25.3 Å². The van der Waals surface area contributed by atoms with Crippen LogP contribution in [0.15, 0.2) is 24.3 Å². The van der Waals surface area contributed by atoms with Gasteiger partial charge < -0.3 is 21.1 Å². The third-order valence-corrected chi connectivity index (χ3v) is 2.53. The van der Waals surface area contributed by atoms with Gasteiger partial charge in [-0.3, -0.25) is 0 Å². The van der Waals surface area contributed by atoms with Crippen molar-refractivity contribution in [1.29, 1.82) is 0 Å². The van der Waals surface area contributed by atoms with E-state index >= 15 is 0 Å².